The van der Waals surface area contributed by atoms with Crippen LogP contribution in [-0.2, 0) is 9.59 Å². The van der Waals surface area contributed by atoms with E-state index < -0.39 is 11.9 Å². The molecule has 4 nitrogen and oxygen atoms in total. The van der Waals surface area contributed by atoms with Crippen LogP contribution in [0.5, 0.6) is 0 Å². The highest BCUT2D eigenvalue weighted by molar-refractivity contribution is 5.83. The molecule has 2 fully saturated rings. The molecule has 2 N–H and O–H groups in total. The van der Waals surface area contributed by atoms with E-state index in [0.717, 1.165) is 0 Å². The number of hydrogen-bond donors (Lipinski definition) is 2. The summed E-state index contributed by atoms with van der Waals surface area (Å²) >= 11 is 0. The predicted molar refractivity (Wildman–Crippen MR) is 63.3 cm³/mol. The van der Waals surface area contributed by atoms with E-state index in [1.807, 2.05) is 13.8 Å². The Balaban J connectivity index is 1.78. The zero-order valence-corrected chi connectivity index (χ0v) is 10.5. The molecule has 2 saturated carbocycles. The van der Waals surface area contributed by atoms with Gasteiger partial charge in [0.05, 0.1) is 5.92 Å². The molecule has 96 valence electrons. The Morgan fingerprint density at radius 3 is 2.35 bits per heavy atom. The van der Waals surface area contributed by atoms with Crippen LogP contribution in [0.3, 0.4) is 0 Å². The summed E-state index contributed by atoms with van der Waals surface area (Å²) in [5.41, 5.74) is 0. The number of fused-ring (bicyclic) bond motifs is 1. The summed E-state index contributed by atoms with van der Waals surface area (Å²) in [5.74, 6) is 0.201. The lowest BCUT2D eigenvalue weighted by atomic mass is 9.96. The van der Waals surface area contributed by atoms with Crippen molar-refractivity contribution >= 4 is 11.9 Å². The minimum Gasteiger partial charge on any atom is -0.481 e. The lowest BCUT2D eigenvalue weighted by Crippen LogP contribution is -2.36. The maximum Gasteiger partial charge on any atom is 0.308 e. The summed E-state index contributed by atoms with van der Waals surface area (Å²) in [6, 6.07) is 0. The Kier molecular flexibility index (Phi) is 3.40. The molecule has 2 rings (SSSR count). The van der Waals surface area contributed by atoms with Crippen molar-refractivity contribution in [2.24, 2.45) is 29.6 Å². The molecule has 17 heavy (non-hydrogen) atoms. The van der Waals surface area contributed by atoms with Crippen molar-refractivity contribution in [3.63, 3.8) is 0 Å². The first-order valence-corrected chi connectivity index (χ1v) is 6.53. The zero-order chi connectivity index (χ0) is 12.6. The van der Waals surface area contributed by atoms with Crippen LogP contribution in [-0.4, -0.2) is 23.5 Å². The summed E-state index contributed by atoms with van der Waals surface area (Å²) in [7, 11) is 0. The summed E-state index contributed by atoms with van der Waals surface area (Å²) in [6.07, 6.45) is 3.60. The van der Waals surface area contributed by atoms with E-state index in [0.29, 0.717) is 11.8 Å². The van der Waals surface area contributed by atoms with E-state index in [1.54, 1.807) is 0 Å². The second-order valence-corrected chi connectivity index (χ2v) is 5.72. The lowest BCUT2D eigenvalue weighted by Gasteiger charge is -2.17. The van der Waals surface area contributed by atoms with Gasteiger partial charge in [0.15, 0.2) is 0 Å². The van der Waals surface area contributed by atoms with Gasteiger partial charge in [-0.1, -0.05) is 20.3 Å². The Morgan fingerprint density at radius 1 is 1.29 bits per heavy atom. The smallest absolute Gasteiger partial charge is 0.308 e. The molecule has 2 aliphatic rings. The minimum atomic E-state index is -0.823. The Bertz CT molecular complexity index is 317. The Morgan fingerprint density at radius 2 is 1.88 bits per heavy atom. The fourth-order valence-electron chi connectivity index (χ4n) is 3.15. The molecule has 0 aliphatic heterocycles. The molecule has 4 heteroatoms. The van der Waals surface area contributed by atoms with Crippen LogP contribution in [0.15, 0.2) is 0 Å². The molecule has 1 amide bonds. The zero-order valence-electron chi connectivity index (χ0n) is 10.5. The normalized spacial score (nSPS) is 32.1. The van der Waals surface area contributed by atoms with Gasteiger partial charge in [0.25, 0.3) is 0 Å². The first kappa shape index (κ1) is 12.4. The van der Waals surface area contributed by atoms with Crippen LogP contribution in [0.25, 0.3) is 0 Å². The lowest BCUT2D eigenvalue weighted by molar-refractivity contribution is -0.143. The van der Waals surface area contributed by atoms with Crippen molar-refractivity contribution in [1.82, 2.24) is 5.32 Å². The average molecular weight is 239 g/mol. The molecule has 0 aromatic carbocycles. The highest BCUT2D eigenvalue weighted by Crippen LogP contribution is 2.57. The third kappa shape index (κ3) is 2.45. The average Bonchev–Trinajstić information content (AvgIpc) is 2.71. The minimum absolute atomic E-state index is 0.0477. The van der Waals surface area contributed by atoms with Gasteiger partial charge in [-0.25, -0.2) is 0 Å². The van der Waals surface area contributed by atoms with E-state index in [-0.39, 0.29) is 24.3 Å². The van der Waals surface area contributed by atoms with Crippen LogP contribution in [0.1, 0.15) is 33.1 Å². The molecule has 0 saturated heterocycles. The number of aliphatic carboxylic acids is 1. The van der Waals surface area contributed by atoms with Crippen molar-refractivity contribution in [1.29, 1.82) is 0 Å². The molecule has 2 aliphatic carbocycles. The number of nitrogens with one attached hydrogen (secondary N) is 1. The van der Waals surface area contributed by atoms with Gasteiger partial charge in [-0.2, -0.15) is 0 Å². The molecule has 0 radical (unpaired) electrons. The molecular weight excluding hydrogens is 218 g/mol. The summed E-state index contributed by atoms with van der Waals surface area (Å²) in [5, 5.41) is 11.8. The fraction of sp³-hybridized carbons (Fsp3) is 0.846. The third-order valence-electron chi connectivity index (χ3n) is 4.33. The number of carboxylic acids is 1. The molecule has 0 heterocycles. The van der Waals surface area contributed by atoms with Crippen LogP contribution in [0.2, 0.25) is 0 Å². The monoisotopic (exact) mass is 239 g/mol. The maximum absolute atomic E-state index is 11.9. The van der Waals surface area contributed by atoms with E-state index >= 15 is 0 Å². The van der Waals surface area contributed by atoms with Gasteiger partial charge in [0.2, 0.25) is 5.91 Å². The number of rotatable bonds is 5. The van der Waals surface area contributed by atoms with E-state index in [9.17, 15) is 9.59 Å². The third-order valence-corrected chi connectivity index (χ3v) is 4.33. The molecule has 3 unspecified atom stereocenters. The van der Waals surface area contributed by atoms with E-state index in [4.69, 9.17) is 5.11 Å². The number of hydrogen-bond acceptors (Lipinski definition) is 2. The molecule has 0 aromatic rings. The summed E-state index contributed by atoms with van der Waals surface area (Å²) in [6.45, 7) is 4.01. The van der Waals surface area contributed by atoms with Gasteiger partial charge in [-0.3, -0.25) is 9.59 Å². The standard InChI is InChI=1S/C13H21NO3/c1-7(2)10(13(16)17)6-14-12(15)11-8-4-3-5-9(8)11/h7-11H,3-6H2,1-2H3,(H,14,15)(H,16,17). The van der Waals surface area contributed by atoms with Gasteiger partial charge in [-0.15, -0.1) is 0 Å². The van der Waals surface area contributed by atoms with Crippen LogP contribution in [0, 0.1) is 29.6 Å². The fourth-order valence-corrected chi connectivity index (χ4v) is 3.15. The predicted octanol–water partition coefficient (Wildman–Crippen LogP) is 1.51. The number of carbonyl (C=O) groups is 2. The van der Waals surface area contributed by atoms with Crippen molar-refractivity contribution in [3.05, 3.63) is 0 Å². The Labute approximate surface area is 102 Å². The number of carbonyl (C=O) groups excluding carboxylic acids is 1. The van der Waals surface area contributed by atoms with Crippen LogP contribution in [0.4, 0.5) is 0 Å². The number of amides is 1. The topological polar surface area (TPSA) is 66.4 Å². The first-order valence-electron chi connectivity index (χ1n) is 6.53. The highest BCUT2D eigenvalue weighted by atomic mass is 16.4. The SMILES string of the molecule is CC(C)C(CNC(=O)C1C2CCCC21)C(=O)O. The molecular formula is C13H21NO3. The van der Waals surface area contributed by atoms with Gasteiger partial charge < -0.3 is 10.4 Å². The van der Waals surface area contributed by atoms with E-state index in [1.165, 1.54) is 19.3 Å². The van der Waals surface area contributed by atoms with Gasteiger partial charge in [-0.05, 0) is 30.6 Å². The Hall–Kier alpha value is -1.06. The van der Waals surface area contributed by atoms with Crippen molar-refractivity contribution in [2.75, 3.05) is 6.54 Å². The molecule has 0 bridgehead atoms. The highest BCUT2D eigenvalue weighted by Gasteiger charge is 2.56. The summed E-state index contributed by atoms with van der Waals surface area (Å²) < 4.78 is 0. The van der Waals surface area contributed by atoms with Gasteiger partial charge in [0.1, 0.15) is 0 Å². The van der Waals surface area contributed by atoms with Crippen molar-refractivity contribution in [2.45, 2.75) is 33.1 Å². The first-order chi connectivity index (χ1) is 8.02. The van der Waals surface area contributed by atoms with Crippen LogP contribution >= 0.6 is 0 Å². The largest absolute Gasteiger partial charge is 0.481 e. The van der Waals surface area contributed by atoms with Crippen molar-refractivity contribution < 1.29 is 14.7 Å². The van der Waals surface area contributed by atoms with E-state index in [2.05, 4.69) is 5.32 Å². The number of carboxylic acid groups (broad SMARTS) is 1. The van der Waals surface area contributed by atoms with Gasteiger partial charge in [0, 0.05) is 12.5 Å². The molecule has 3 atom stereocenters. The maximum atomic E-state index is 11.9. The van der Waals surface area contributed by atoms with Gasteiger partial charge >= 0.3 is 5.97 Å². The quantitative estimate of drug-likeness (QED) is 0.764. The second-order valence-electron chi connectivity index (χ2n) is 5.72. The summed E-state index contributed by atoms with van der Waals surface area (Å²) in [4.78, 5) is 22.8. The molecule has 0 spiro atoms. The van der Waals surface area contributed by atoms with Crippen LogP contribution < -0.4 is 5.32 Å². The second kappa shape index (κ2) is 4.67. The van der Waals surface area contributed by atoms with Crippen molar-refractivity contribution in [3.8, 4) is 0 Å². The molecule has 0 aromatic heterocycles.